The summed E-state index contributed by atoms with van der Waals surface area (Å²) in [7, 11) is 0. The van der Waals surface area contributed by atoms with E-state index in [-0.39, 0.29) is 6.54 Å². The third-order valence-corrected chi connectivity index (χ3v) is 2.50. The van der Waals surface area contributed by atoms with E-state index in [1.807, 2.05) is 0 Å². The van der Waals surface area contributed by atoms with Crippen molar-refractivity contribution in [2.24, 2.45) is 0 Å². The molecule has 0 saturated heterocycles. The zero-order valence-electron chi connectivity index (χ0n) is 10.7. The normalized spacial score (nSPS) is 13.7. The van der Waals surface area contributed by atoms with E-state index in [1.165, 1.54) is 12.8 Å². The number of urea groups is 1. The summed E-state index contributed by atoms with van der Waals surface area (Å²) in [6.07, 6.45) is 3.30. The van der Waals surface area contributed by atoms with Crippen molar-refractivity contribution in [3.63, 3.8) is 0 Å². The number of carbonyl (C=O) groups excluding carboxylic acids is 2. The molecule has 1 aliphatic carbocycles. The highest BCUT2D eigenvalue weighted by atomic mass is 16.4. The summed E-state index contributed by atoms with van der Waals surface area (Å²) < 4.78 is 0. The van der Waals surface area contributed by atoms with Crippen LogP contribution in [0, 0.1) is 0 Å². The minimum atomic E-state index is -1.12. The quantitative estimate of drug-likeness (QED) is 0.332. The fraction of sp³-hybridized carbons (Fsp3) is 0.727. The van der Waals surface area contributed by atoms with Crippen molar-refractivity contribution < 1.29 is 19.5 Å². The second kappa shape index (κ2) is 8.30. The monoisotopic (exact) mass is 272 g/mol. The first-order chi connectivity index (χ1) is 9.08. The molecule has 0 radical (unpaired) electrons. The molecule has 3 amide bonds. The molecule has 0 atom stereocenters. The molecular weight excluding hydrogens is 252 g/mol. The number of carbonyl (C=O) groups is 3. The van der Waals surface area contributed by atoms with Crippen molar-refractivity contribution in [2.75, 3.05) is 26.2 Å². The summed E-state index contributed by atoms with van der Waals surface area (Å²) in [5.41, 5.74) is 0. The predicted molar refractivity (Wildman–Crippen MR) is 67.7 cm³/mol. The molecule has 0 aromatic carbocycles. The third kappa shape index (κ3) is 8.83. The highest BCUT2D eigenvalue weighted by Crippen LogP contribution is 2.18. The van der Waals surface area contributed by atoms with Gasteiger partial charge in [-0.2, -0.15) is 0 Å². The average molecular weight is 272 g/mol. The third-order valence-electron chi connectivity index (χ3n) is 2.50. The van der Waals surface area contributed by atoms with E-state index in [0.29, 0.717) is 12.6 Å². The number of nitrogens with one attached hydrogen (secondary N) is 4. The molecule has 8 heteroatoms. The predicted octanol–water partition coefficient (Wildman–Crippen LogP) is -1.37. The fourth-order valence-electron chi connectivity index (χ4n) is 1.34. The summed E-state index contributed by atoms with van der Waals surface area (Å²) >= 11 is 0. The molecule has 1 fully saturated rings. The van der Waals surface area contributed by atoms with Gasteiger partial charge in [-0.1, -0.05) is 0 Å². The Morgan fingerprint density at radius 3 is 2.37 bits per heavy atom. The largest absolute Gasteiger partial charge is 0.480 e. The van der Waals surface area contributed by atoms with Crippen LogP contribution in [0.1, 0.15) is 19.3 Å². The van der Waals surface area contributed by atoms with E-state index >= 15 is 0 Å². The van der Waals surface area contributed by atoms with Gasteiger partial charge < -0.3 is 26.4 Å². The minimum Gasteiger partial charge on any atom is -0.480 e. The van der Waals surface area contributed by atoms with E-state index in [4.69, 9.17) is 5.11 Å². The molecule has 0 spiro atoms. The molecule has 0 bridgehead atoms. The molecule has 0 unspecified atom stereocenters. The van der Waals surface area contributed by atoms with Crippen LogP contribution in [0.25, 0.3) is 0 Å². The van der Waals surface area contributed by atoms with Crippen LogP contribution in [0.4, 0.5) is 4.79 Å². The molecule has 19 heavy (non-hydrogen) atoms. The molecule has 1 aliphatic rings. The number of rotatable bonds is 9. The zero-order chi connectivity index (χ0) is 14.1. The van der Waals surface area contributed by atoms with Gasteiger partial charge >= 0.3 is 12.0 Å². The first-order valence-electron chi connectivity index (χ1n) is 6.31. The lowest BCUT2D eigenvalue weighted by molar-refractivity contribution is -0.137. The summed E-state index contributed by atoms with van der Waals surface area (Å²) in [5.74, 6) is -1.66. The fourth-order valence-corrected chi connectivity index (χ4v) is 1.34. The van der Waals surface area contributed by atoms with Gasteiger partial charge in [0.15, 0.2) is 0 Å². The average Bonchev–Trinajstić information content (AvgIpc) is 3.17. The van der Waals surface area contributed by atoms with Gasteiger partial charge in [-0.3, -0.25) is 9.59 Å². The van der Waals surface area contributed by atoms with Gasteiger partial charge in [0, 0.05) is 12.6 Å². The Bertz CT molecular complexity index is 331. The molecule has 0 aliphatic heterocycles. The first-order valence-corrected chi connectivity index (χ1v) is 6.31. The van der Waals surface area contributed by atoms with E-state index < -0.39 is 24.5 Å². The SMILES string of the molecule is O=C(O)CNC(=O)CNC(=O)NCCCNC1CC1. The van der Waals surface area contributed by atoms with Crippen LogP contribution in [0.3, 0.4) is 0 Å². The van der Waals surface area contributed by atoms with Gasteiger partial charge in [-0.05, 0) is 25.8 Å². The molecule has 8 nitrogen and oxygen atoms in total. The van der Waals surface area contributed by atoms with Gasteiger partial charge in [0.1, 0.15) is 6.54 Å². The smallest absolute Gasteiger partial charge is 0.322 e. The minimum absolute atomic E-state index is 0.237. The zero-order valence-corrected chi connectivity index (χ0v) is 10.7. The lowest BCUT2D eigenvalue weighted by Crippen LogP contribution is -2.43. The Morgan fingerprint density at radius 2 is 1.74 bits per heavy atom. The lowest BCUT2D eigenvalue weighted by Gasteiger charge is -2.07. The number of carboxylic acids is 1. The molecule has 1 saturated carbocycles. The Hall–Kier alpha value is -1.83. The van der Waals surface area contributed by atoms with Crippen LogP contribution < -0.4 is 21.3 Å². The standard InChI is InChI=1S/C11H20N4O4/c16-9(14-7-10(17)18)6-15-11(19)13-5-1-4-12-8-2-3-8/h8,12H,1-7H2,(H,14,16)(H,17,18)(H2,13,15,19). The number of aliphatic carboxylic acids is 1. The second-order valence-electron chi connectivity index (χ2n) is 4.36. The molecular formula is C11H20N4O4. The number of amides is 3. The van der Waals surface area contributed by atoms with E-state index in [1.54, 1.807) is 0 Å². The van der Waals surface area contributed by atoms with Gasteiger partial charge in [-0.15, -0.1) is 0 Å². The van der Waals surface area contributed by atoms with Crippen LogP contribution in [0.5, 0.6) is 0 Å². The highest BCUT2D eigenvalue weighted by molar-refractivity contribution is 5.86. The summed E-state index contributed by atoms with van der Waals surface area (Å²) in [5, 5.41) is 18.7. The maximum atomic E-state index is 11.3. The number of hydrogen-bond donors (Lipinski definition) is 5. The Kier molecular flexibility index (Phi) is 6.65. The summed E-state index contributed by atoms with van der Waals surface area (Å²) in [6, 6.07) is 0.226. The van der Waals surface area contributed by atoms with E-state index in [9.17, 15) is 14.4 Å². The van der Waals surface area contributed by atoms with Crippen LogP contribution in [-0.2, 0) is 9.59 Å². The van der Waals surface area contributed by atoms with Gasteiger partial charge in [-0.25, -0.2) is 4.79 Å². The van der Waals surface area contributed by atoms with Crippen molar-refractivity contribution in [2.45, 2.75) is 25.3 Å². The molecule has 0 aromatic rings. The maximum Gasteiger partial charge on any atom is 0.322 e. The number of carboxylic acid groups (broad SMARTS) is 1. The van der Waals surface area contributed by atoms with Crippen LogP contribution in [0.2, 0.25) is 0 Å². The van der Waals surface area contributed by atoms with Crippen molar-refractivity contribution in [3.8, 4) is 0 Å². The Morgan fingerprint density at radius 1 is 1.00 bits per heavy atom. The molecule has 5 N–H and O–H groups in total. The molecule has 108 valence electrons. The molecule has 0 heterocycles. The van der Waals surface area contributed by atoms with E-state index in [2.05, 4.69) is 21.3 Å². The molecule has 1 rings (SSSR count). The van der Waals surface area contributed by atoms with Gasteiger partial charge in [0.2, 0.25) is 5.91 Å². The maximum absolute atomic E-state index is 11.3. The number of hydrogen-bond acceptors (Lipinski definition) is 4. The highest BCUT2D eigenvalue weighted by Gasteiger charge is 2.19. The van der Waals surface area contributed by atoms with Crippen molar-refractivity contribution in [1.82, 2.24) is 21.3 Å². The van der Waals surface area contributed by atoms with Crippen LogP contribution in [-0.4, -0.2) is 55.2 Å². The Labute approximate surface area is 111 Å². The topological polar surface area (TPSA) is 120 Å². The first kappa shape index (κ1) is 15.2. The lowest BCUT2D eigenvalue weighted by atomic mass is 10.4. The van der Waals surface area contributed by atoms with Gasteiger partial charge in [0.05, 0.1) is 6.54 Å². The van der Waals surface area contributed by atoms with Crippen LogP contribution >= 0.6 is 0 Å². The van der Waals surface area contributed by atoms with Crippen molar-refractivity contribution in [1.29, 1.82) is 0 Å². The van der Waals surface area contributed by atoms with Crippen LogP contribution in [0.15, 0.2) is 0 Å². The van der Waals surface area contributed by atoms with E-state index in [0.717, 1.165) is 13.0 Å². The summed E-state index contributed by atoms with van der Waals surface area (Å²) in [4.78, 5) is 32.5. The summed E-state index contributed by atoms with van der Waals surface area (Å²) in [6.45, 7) is 0.709. The van der Waals surface area contributed by atoms with Gasteiger partial charge in [0.25, 0.3) is 0 Å². The van der Waals surface area contributed by atoms with Crippen molar-refractivity contribution >= 4 is 17.9 Å². The van der Waals surface area contributed by atoms with Crippen molar-refractivity contribution in [3.05, 3.63) is 0 Å². The molecule has 0 aromatic heterocycles. The Balaban J connectivity index is 1.91. The second-order valence-corrected chi connectivity index (χ2v) is 4.36.